The number of nitrogens with one attached hydrogen (secondary N) is 2. The zero-order valence-corrected chi connectivity index (χ0v) is 14.0. The van der Waals surface area contributed by atoms with E-state index in [1.807, 2.05) is 0 Å². The lowest BCUT2D eigenvalue weighted by Gasteiger charge is -2.07. The Kier molecular flexibility index (Phi) is 5.64. The number of halogens is 1. The van der Waals surface area contributed by atoms with Gasteiger partial charge in [-0.05, 0) is 31.2 Å². The fraction of sp³-hybridized carbons (Fsp3) is 0.286. The van der Waals surface area contributed by atoms with E-state index in [0.717, 1.165) is 17.8 Å². The molecule has 0 aliphatic carbocycles. The Balaban J connectivity index is 2.11. The van der Waals surface area contributed by atoms with E-state index < -0.39 is 10.0 Å². The summed E-state index contributed by atoms with van der Waals surface area (Å²) in [5.74, 6) is 0. The molecule has 0 bridgehead atoms. The number of thiophene rings is 1. The molecule has 2 aromatic rings. The maximum atomic E-state index is 12.3. The van der Waals surface area contributed by atoms with Gasteiger partial charge in [-0.15, -0.1) is 11.3 Å². The maximum absolute atomic E-state index is 12.3. The Morgan fingerprint density at radius 2 is 2.05 bits per heavy atom. The van der Waals surface area contributed by atoms with Crippen LogP contribution in [0.5, 0.6) is 0 Å². The monoisotopic (exact) mass is 344 g/mol. The number of rotatable bonds is 7. The van der Waals surface area contributed by atoms with Gasteiger partial charge in [0.2, 0.25) is 0 Å². The van der Waals surface area contributed by atoms with Gasteiger partial charge in [0.15, 0.2) is 0 Å². The normalized spacial score (nSPS) is 11.5. The highest BCUT2D eigenvalue weighted by Gasteiger charge is 2.17. The molecule has 4 nitrogen and oxygen atoms in total. The van der Waals surface area contributed by atoms with Crippen LogP contribution in [0.1, 0.15) is 18.2 Å². The summed E-state index contributed by atoms with van der Waals surface area (Å²) in [4.78, 5) is 1.25. The Morgan fingerprint density at radius 1 is 1.29 bits per heavy atom. The summed E-state index contributed by atoms with van der Waals surface area (Å²) in [5.41, 5.74) is 0.385. The van der Waals surface area contributed by atoms with Crippen molar-refractivity contribution in [3.05, 3.63) is 45.6 Å². The summed E-state index contributed by atoms with van der Waals surface area (Å²) < 4.78 is 27.1. The van der Waals surface area contributed by atoms with Crippen molar-refractivity contribution in [1.29, 1.82) is 0 Å². The van der Waals surface area contributed by atoms with Crippen molar-refractivity contribution in [2.75, 3.05) is 11.3 Å². The number of anilines is 1. The third-order valence-electron chi connectivity index (χ3n) is 2.78. The van der Waals surface area contributed by atoms with Crippen LogP contribution in [-0.2, 0) is 16.6 Å². The van der Waals surface area contributed by atoms with Crippen molar-refractivity contribution in [1.82, 2.24) is 5.32 Å². The third-order valence-corrected chi connectivity index (χ3v) is 5.54. The van der Waals surface area contributed by atoms with Crippen LogP contribution in [-0.4, -0.2) is 15.0 Å². The van der Waals surface area contributed by atoms with Gasteiger partial charge in [-0.2, -0.15) is 0 Å². The lowest BCUT2D eigenvalue weighted by Crippen LogP contribution is -2.14. The molecule has 0 atom stereocenters. The van der Waals surface area contributed by atoms with E-state index in [2.05, 4.69) is 17.0 Å². The Labute approximate surface area is 134 Å². The minimum absolute atomic E-state index is 0.265. The lowest BCUT2D eigenvalue weighted by molar-refractivity contribution is 0.601. The molecule has 0 spiro atoms. The SMILES string of the molecule is CCCNCc1cc(S(=O)(=O)Nc2ccccc2Cl)cs1. The van der Waals surface area contributed by atoms with Crippen molar-refractivity contribution >= 4 is 38.6 Å². The van der Waals surface area contributed by atoms with Crippen LogP contribution in [0.3, 0.4) is 0 Å². The quantitative estimate of drug-likeness (QED) is 0.753. The molecule has 0 fully saturated rings. The second-order valence-electron chi connectivity index (χ2n) is 4.51. The Hall–Kier alpha value is -1.08. The van der Waals surface area contributed by atoms with Gasteiger partial charge in [0.25, 0.3) is 10.0 Å². The zero-order valence-electron chi connectivity index (χ0n) is 11.6. The standard InChI is InChI=1S/C14H17ClN2O2S2/c1-2-7-16-9-11-8-12(10-20-11)21(18,19)17-14-6-4-3-5-13(14)15/h3-6,8,10,16-17H,2,7,9H2,1H3. The van der Waals surface area contributed by atoms with Gasteiger partial charge in [0.05, 0.1) is 15.6 Å². The molecular weight excluding hydrogens is 328 g/mol. The number of sulfonamides is 1. The highest BCUT2D eigenvalue weighted by Crippen LogP contribution is 2.26. The van der Waals surface area contributed by atoms with Gasteiger partial charge in [-0.25, -0.2) is 8.42 Å². The first kappa shape index (κ1) is 16.3. The van der Waals surface area contributed by atoms with E-state index in [-0.39, 0.29) is 4.90 Å². The summed E-state index contributed by atoms with van der Waals surface area (Å²) in [6.07, 6.45) is 1.05. The van der Waals surface area contributed by atoms with E-state index in [1.165, 1.54) is 11.3 Å². The molecule has 0 saturated heterocycles. The maximum Gasteiger partial charge on any atom is 0.262 e. The first-order valence-corrected chi connectivity index (χ1v) is 9.32. The smallest absolute Gasteiger partial charge is 0.262 e. The molecule has 0 saturated carbocycles. The zero-order chi connectivity index (χ0) is 15.3. The number of hydrogen-bond acceptors (Lipinski definition) is 4. The van der Waals surface area contributed by atoms with Crippen LogP contribution in [0.25, 0.3) is 0 Å². The molecule has 1 aromatic carbocycles. The second kappa shape index (κ2) is 7.26. The Morgan fingerprint density at radius 3 is 2.76 bits per heavy atom. The molecule has 0 unspecified atom stereocenters. The number of hydrogen-bond donors (Lipinski definition) is 2. The minimum atomic E-state index is -3.60. The van der Waals surface area contributed by atoms with Gasteiger partial charge < -0.3 is 5.32 Å². The molecule has 0 aliphatic heterocycles. The van der Waals surface area contributed by atoms with Gasteiger partial charge in [0, 0.05) is 16.8 Å². The first-order chi connectivity index (χ1) is 10.0. The van der Waals surface area contributed by atoms with Crippen LogP contribution in [0.2, 0.25) is 5.02 Å². The second-order valence-corrected chi connectivity index (χ2v) is 7.60. The van der Waals surface area contributed by atoms with E-state index in [1.54, 1.807) is 35.7 Å². The van der Waals surface area contributed by atoms with Crippen LogP contribution in [0.4, 0.5) is 5.69 Å². The highest BCUT2D eigenvalue weighted by molar-refractivity contribution is 7.92. The summed E-state index contributed by atoms with van der Waals surface area (Å²) in [7, 11) is -3.60. The fourth-order valence-corrected chi connectivity index (χ4v) is 4.29. The molecule has 7 heteroatoms. The fourth-order valence-electron chi connectivity index (χ4n) is 1.73. The molecule has 1 heterocycles. The van der Waals surface area contributed by atoms with E-state index in [0.29, 0.717) is 17.3 Å². The molecule has 0 aliphatic rings. The van der Waals surface area contributed by atoms with Crippen molar-refractivity contribution in [2.24, 2.45) is 0 Å². The Bertz CT molecular complexity index is 699. The van der Waals surface area contributed by atoms with Gasteiger partial charge in [-0.1, -0.05) is 30.7 Å². The molecular formula is C14H17ClN2O2S2. The summed E-state index contributed by atoms with van der Waals surface area (Å²) in [6, 6.07) is 8.45. The average molecular weight is 345 g/mol. The first-order valence-electron chi connectivity index (χ1n) is 6.58. The summed E-state index contributed by atoms with van der Waals surface area (Å²) in [5, 5.41) is 5.27. The molecule has 114 valence electrons. The third kappa shape index (κ3) is 4.44. The van der Waals surface area contributed by atoms with E-state index >= 15 is 0 Å². The van der Waals surface area contributed by atoms with Crippen LogP contribution >= 0.6 is 22.9 Å². The lowest BCUT2D eigenvalue weighted by atomic mass is 10.3. The largest absolute Gasteiger partial charge is 0.312 e. The van der Waals surface area contributed by atoms with Crippen LogP contribution in [0.15, 0.2) is 40.6 Å². The molecule has 2 rings (SSSR count). The molecule has 2 N–H and O–H groups in total. The minimum Gasteiger partial charge on any atom is -0.312 e. The van der Waals surface area contributed by atoms with Crippen molar-refractivity contribution in [3.8, 4) is 0 Å². The van der Waals surface area contributed by atoms with Gasteiger partial charge in [0.1, 0.15) is 0 Å². The summed E-state index contributed by atoms with van der Waals surface area (Å²) in [6.45, 7) is 3.68. The van der Waals surface area contributed by atoms with Crippen molar-refractivity contribution in [2.45, 2.75) is 24.8 Å². The van der Waals surface area contributed by atoms with E-state index in [9.17, 15) is 8.42 Å². The molecule has 21 heavy (non-hydrogen) atoms. The highest BCUT2D eigenvalue weighted by atomic mass is 35.5. The van der Waals surface area contributed by atoms with Crippen molar-refractivity contribution < 1.29 is 8.42 Å². The molecule has 1 aromatic heterocycles. The van der Waals surface area contributed by atoms with Gasteiger partial charge in [-0.3, -0.25) is 4.72 Å². The van der Waals surface area contributed by atoms with Gasteiger partial charge >= 0.3 is 0 Å². The number of para-hydroxylation sites is 1. The van der Waals surface area contributed by atoms with Crippen molar-refractivity contribution in [3.63, 3.8) is 0 Å². The van der Waals surface area contributed by atoms with E-state index in [4.69, 9.17) is 11.6 Å². The van der Waals surface area contributed by atoms with Crippen LogP contribution in [0, 0.1) is 0 Å². The predicted octanol–water partition coefficient (Wildman–Crippen LogP) is 3.70. The van der Waals surface area contributed by atoms with Crippen LogP contribution < -0.4 is 10.0 Å². The molecule has 0 radical (unpaired) electrons. The topological polar surface area (TPSA) is 58.2 Å². The predicted molar refractivity (Wildman–Crippen MR) is 88.6 cm³/mol. The average Bonchev–Trinajstić information content (AvgIpc) is 2.91. The summed E-state index contributed by atoms with van der Waals surface area (Å²) >= 11 is 7.40. The number of benzene rings is 1. The molecule has 0 amide bonds.